The number of hydrogen-bond donors (Lipinski definition) is 1. The van der Waals surface area contributed by atoms with Gasteiger partial charge in [-0.2, -0.15) is 5.26 Å². The van der Waals surface area contributed by atoms with Crippen molar-refractivity contribution in [1.82, 2.24) is 10.3 Å². The first-order chi connectivity index (χ1) is 9.00. The maximum Gasteiger partial charge on any atom is 0.139 e. The third-order valence-electron chi connectivity index (χ3n) is 2.65. The first-order valence-corrected chi connectivity index (χ1v) is 7.88. The number of nitriles is 1. The summed E-state index contributed by atoms with van der Waals surface area (Å²) >= 11 is 3.31. The quantitative estimate of drug-likeness (QED) is 0.930. The molecule has 3 nitrogen and oxygen atoms in total. The smallest absolute Gasteiger partial charge is 0.139 e. The molecule has 0 aromatic carbocycles. The summed E-state index contributed by atoms with van der Waals surface area (Å²) in [5.74, 6) is 0. The second kappa shape index (κ2) is 5.83. The molecule has 2 rings (SSSR count). The van der Waals surface area contributed by atoms with Crippen molar-refractivity contribution in [1.29, 1.82) is 5.26 Å². The minimum atomic E-state index is -0.338. The van der Waals surface area contributed by atoms with Crippen molar-refractivity contribution in [2.24, 2.45) is 0 Å². The van der Waals surface area contributed by atoms with E-state index in [-0.39, 0.29) is 11.5 Å². The Balaban J connectivity index is 2.06. The summed E-state index contributed by atoms with van der Waals surface area (Å²) in [5.41, 5.74) is 0.866. The lowest BCUT2D eigenvalue weighted by Crippen LogP contribution is -2.20. The first kappa shape index (κ1) is 14.2. The SMILES string of the molecule is CC(C)(C)c1nc(C(C#N)NCc2cccs2)cs1. The summed E-state index contributed by atoms with van der Waals surface area (Å²) in [6.45, 7) is 7.11. The molecule has 0 fully saturated rings. The normalized spacial score (nSPS) is 13.2. The maximum atomic E-state index is 9.28. The molecule has 2 aromatic heterocycles. The zero-order valence-electron chi connectivity index (χ0n) is 11.3. The molecule has 0 saturated carbocycles. The number of rotatable bonds is 4. The van der Waals surface area contributed by atoms with E-state index in [4.69, 9.17) is 0 Å². The van der Waals surface area contributed by atoms with Crippen molar-refractivity contribution in [2.75, 3.05) is 0 Å². The predicted octanol–water partition coefficient (Wildman–Crippen LogP) is 3.86. The molecule has 100 valence electrons. The number of thiazole rings is 1. The third kappa shape index (κ3) is 3.63. The van der Waals surface area contributed by atoms with E-state index in [0.29, 0.717) is 6.54 Å². The molecule has 2 heterocycles. The molecule has 5 heteroatoms. The number of hydrogen-bond acceptors (Lipinski definition) is 5. The Bertz CT molecular complexity index is 558. The highest BCUT2D eigenvalue weighted by molar-refractivity contribution is 7.10. The Hall–Kier alpha value is -1.22. The van der Waals surface area contributed by atoms with Crippen LogP contribution in [-0.4, -0.2) is 4.98 Å². The molecule has 0 aliphatic heterocycles. The molecule has 0 saturated heterocycles. The molecule has 0 amide bonds. The molecule has 0 aliphatic rings. The predicted molar refractivity (Wildman–Crippen MR) is 80.3 cm³/mol. The Labute approximate surface area is 121 Å². The van der Waals surface area contributed by atoms with Crippen LogP contribution in [0, 0.1) is 11.3 Å². The summed E-state index contributed by atoms with van der Waals surface area (Å²) in [4.78, 5) is 5.82. The average molecular weight is 291 g/mol. The van der Waals surface area contributed by atoms with Crippen molar-refractivity contribution in [2.45, 2.75) is 38.8 Å². The fourth-order valence-electron chi connectivity index (χ4n) is 1.60. The van der Waals surface area contributed by atoms with Crippen molar-refractivity contribution in [3.8, 4) is 6.07 Å². The van der Waals surface area contributed by atoms with Gasteiger partial charge < -0.3 is 0 Å². The Morgan fingerprint density at radius 1 is 1.42 bits per heavy atom. The van der Waals surface area contributed by atoms with Gasteiger partial charge in [-0.15, -0.1) is 22.7 Å². The topological polar surface area (TPSA) is 48.7 Å². The zero-order valence-corrected chi connectivity index (χ0v) is 12.9. The van der Waals surface area contributed by atoms with Gasteiger partial charge in [-0.05, 0) is 11.4 Å². The van der Waals surface area contributed by atoms with Crippen LogP contribution >= 0.6 is 22.7 Å². The molecular formula is C14H17N3S2. The van der Waals surface area contributed by atoms with E-state index in [1.165, 1.54) is 4.88 Å². The van der Waals surface area contributed by atoms with Crippen LogP contribution in [0.15, 0.2) is 22.9 Å². The van der Waals surface area contributed by atoms with Gasteiger partial charge in [-0.25, -0.2) is 4.98 Å². The minimum absolute atomic E-state index is 0.0384. The molecule has 1 N–H and O–H groups in total. The van der Waals surface area contributed by atoms with Gasteiger partial charge in [0.2, 0.25) is 0 Å². The molecule has 2 aromatic rings. The molecule has 1 unspecified atom stereocenters. The van der Waals surface area contributed by atoms with E-state index < -0.39 is 0 Å². The summed E-state index contributed by atoms with van der Waals surface area (Å²) < 4.78 is 0. The standard InChI is InChI=1S/C14H17N3S2/c1-14(2,3)13-17-12(9-19-13)11(7-15)16-8-10-5-4-6-18-10/h4-6,9,11,16H,8H2,1-3H3. The second-order valence-corrected chi connectivity index (χ2v) is 7.24. The van der Waals surface area contributed by atoms with E-state index in [1.807, 2.05) is 16.8 Å². The van der Waals surface area contributed by atoms with Gasteiger partial charge >= 0.3 is 0 Å². The molecule has 1 atom stereocenters. The summed E-state index contributed by atoms with van der Waals surface area (Å²) in [7, 11) is 0. The third-order valence-corrected chi connectivity index (χ3v) is 4.81. The number of nitrogens with zero attached hydrogens (tertiary/aromatic N) is 2. The van der Waals surface area contributed by atoms with Gasteiger partial charge in [0.25, 0.3) is 0 Å². The van der Waals surface area contributed by atoms with Crippen molar-refractivity contribution in [3.63, 3.8) is 0 Å². The lowest BCUT2D eigenvalue weighted by molar-refractivity contribution is 0.572. The highest BCUT2D eigenvalue weighted by Gasteiger charge is 2.21. The van der Waals surface area contributed by atoms with Crippen LogP contribution in [0.2, 0.25) is 0 Å². The maximum absolute atomic E-state index is 9.28. The van der Waals surface area contributed by atoms with E-state index in [2.05, 4.69) is 43.2 Å². The van der Waals surface area contributed by atoms with Crippen LogP contribution in [0.1, 0.15) is 42.4 Å². The number of thiophene rings is 1. The van der Waals surface area contributed by atoms with Crippen molar-refractivity contribution >= 4 is 22.7 Å². The van der Waals surface area contributed by atoms with Crippen LogP contribution in [-0.2, 0) is 12.0 Å². The Morgan fingerprint density at radius 2 is 2.21 bits per heavy atom. The Kier molecular flexibility index (Phi) is 4.35. The molecule has 0 radical (unpaired) electrons. The summed E-state index contributed by atoms with van der Waals surface area (Å²) in [6, 6.07) is 6.03. The van der Waals surface area contributed by atoms with Gasteiger partial charge in [0.1, 0.15) is 6.04 Å². The van der Waals surface area contributed by atoms with Crippen molar-refractivity contribution in [3.05, 3.63) is 38.5 Å². The van der Waals surface area contributed by atoms with Crippen LogP contribution in [0.4, 0.5) is 0 Å². The van der Waals surface area contributed by atoms with E-state index in [1.54, 1.807) is 22.7 Å². The van der Waals surface area contributed by atoms with E-state index in [9.17, 15) is 5.26 Å². The van der Waals surface area contributed by atoms with Crippen molar-refractivity contribution < 1.29 is 0 Å². The highest BCUT2D eigenvalue weighted by atomic mass is 32.1. The number of aromatic nitrogens is 1. The van der Waals surface area contributed by atoms with Gasteiger partial charge in [0.05, 0.1) is 16.8 Å². The number of nitrogens with one attached hydrogen (secondary N) is 1. The minimum Gasteiger partial charge on any atom is -0.292 e. The zero-order chi connectivity index (χ0) is 13.9. The van der Waals surface area contributed by atoms with Crippen LogP contribution < -0.4 is 5.32 Å². The summed E-state index contributed by atoms with van der Waals surface area (Å²) in [6.07, 6.45) is 0. The highest BCUT2D eigenvalue weighted by Crippen LogP contribution is 2.27. The van der Waals surface area contributed by atoms with Crippen LogP contribution in [0.5, 0.6) is 0 Å². The molecule has 19 heavy (non-hydrogen) atoms. The Morgan fingerprint density at radius 3 is 2.74 bits per heavy atom. The van der Waals surface area contributed by atoms with Gasteiger partial charge in [0, 0.05) is 22.2 Å². The lowest BCUT2D eigenvalue weighted by atomic mass is 9.98. The fraction of sp³-hybridized carbons (Fsp3) is 0.429. The second-order valence-electron chi connectivity index (χ2n) is 5.35. The van der Waals surface area contributed by atoms with Gasteiger partial charge in [-0.3, -0.25) is 5.32 Å². The lowest BCUT2D eigenvalue weighted by Gasteiger charge is -2.14. The van der Waals surface area contributed by atoms with Crippen LogP contribution in [0.3, 0.4) is 0 Å². The molecule has 0 spiro atoms. The average Bonchev–Trinajstić information content (AvgIpc) is 2.98. The van der Waals surface area contributed by atoms with E-state index in [0.717, 1.165) is 10.7 Å². The fourth-order valence-corrected chi connectivity index (χ4v) is 3.18. The molecule has 0 bridgehead atoms. The van der Waals surface area contributed by atoms with Gasteiger partial charge in [0.15, 0.2) is 0 Å². The monoisotopic (exact) mass is 291 g/mol. The molecule has 0 aliphatic carbocycles. The van der Waals surface area contributed by atoms with Gasteiger partial charge in [-0.1, -0.05) is 26.8 Å². The first-order valence-electron chi connectivity index (χ1n) is 6.12. The largest absolute Gasteiger partial charge is 0.292 e. The summed E-state index contributed by atoms with van der Waals surface area (Å²) in [5, 5.41) is 17.6. The van der Waals surface area contributed by atoms with E-state index >= 15 is 0 Å². The van der Waals surface area contributed by atoms with Crippen LogP contribution in [0.25, 0.3) is 0 Å². The molecular weight excluding hydrogens is 274 g/mol.